The van der Waals surface area contributed by atoms with E-state index in [0.717, 1.165) is 0 Å². The molecule has 4 rings (SSSR count). The molecule has 0 radical (unpaired) electrons. The van der Waals surface area contributed by atoms with E-state index in [2.05, 4.69) is 27.2 Å². The molecule has 0 saturated carbocycles. The Morgan fingerprint density at radius 1 is 0.857 bits per heavy atom. The number of nitrogens with zero attached hydrogens (tertiary/aromatic N) is 2. The number of methoxy groups -OCH3 is 2. The Hall–Kier alpha value is -4.92. The molecule has 2 aromatic carbocycles. The number of benzene rings is 2. The summed E-state index contributed by atoms with van der Waals surface area (Å²) in [5.74, 6) is 1.78. The van der Waals surface area contributed by atoms with Gasteiger partial charge in [-0.25, -0.2) is 4.98 Å². The Labute approximate surface area is 201 Å². The van der Waals surface area contributed by atoms with E-state index in [4.69, 9.17) is 14.2 Å². The van der Waals surface area contributed by atoms with Gasteiger partial charge in [0.2, 0.25) is 5.91 Å². The number of carbonyl (C=O) groups is 2. The van der Waals surface area contributed by atoms with E-state index in [9.17, 15) is 9.59 Å². The summed E-state index contributed by atoms with van der Waals surface area (Å²) in [6, 6.07) is 15.1. The summed E-state index contributed by atoms with van der Waals surface area (Å²) in [6.07, 6.45) is 4.34. The summed E-state index contributed by atoms with van der Waals surface area (Å²) < 4.78 is 16.6. The Morgan fingerprint density at radius 2 is 1.63 bits per heavy atom. The van der Waals surface area contributed by atoms with Gasteiger partial charge in [0, 0.05) is 35.5 Å². The molecule has 0 spiro atoms. The summed E-state index contributed by atoms with van der Waals surface area (Å²) >= 11 is 0. The van der Waals surface area contributed by atoms with Crippen LogP contribution in [-0.4, -0.2) is 36.0 Å². The lowest BCUT2D eigenvalue weighted by Gasteiger charge is -2.13. The van der Waals surface area contributed by atoms with Gasteiger partial charge in [-0.3, -0.25) is 14.6 Å². The maximum absolute atomic E-state index is 12.6. The average Bonchev–Trinajstić information content (AvgIpc) is 2.89. The largest absolute Gasteiger partial charge is 0.497 e. The molecule has 0 aliphatic carbocycles. The van der Waals surface area contributed by atoms with Crippen LogP contribution in [0.4, 0.5) is 11.5 Å². The van der Waals surface area contributed by atoms with Crippen molar-refractivity contribution in [1.29, 1.82) is 0 Å². The van der Waals surface area contributed by atoms with Crippen LogP contribution in [0, 0.1) is 0 Å². The van der Waals surface area contributed by atoms with Crippen LogP contribution < -0.4 is 24.8 Å². The number of pyridine rings is 2. The van der Waals surface area contributed by atoms with Gasteiger partial charge in [-0.15, -0.1) is 0 Å². The second-order valence-electron chi connectivity index (χ2n) is 7.23. The summed E-state index contributed by atoms with van der Waals surface area (Å²) in [6.45, 7) is 3.47. The van der Waals surface area contributed by atoms with Gasteiger partial charge in [0.1, 0.15) is 28.8 Å². The first-order valence-electron chi connectivity index (χ1n) is 10.5. The predicted molar refractivity (Wildman–Crippen MR) is 132 cm³/mol. The van der Waals surface area contributed by atoms with Crippen LogP contribution in [0.2, 0.25) is 0 Å². The summed E-state index contributed by atoms with van der Waals surface area (Å²) in [5, 5.41) is 6.12. The zero-order valence-electron chi connectivity index (χ0n) is 19.1. The monoisotopic (exact) mass is 470 g/mol. The van der Waals surface area contributed by atoms with E-state index < -0.39 is 0 Å². The van der Waals surface area contributed by atoms with E-state index in [0.29, 0.717) is 51.0 Å². The van der Waals surface area contributed by atoms with Crippen LogP contribution in [0.5, 0.6) is 23.0 Å². The molecule has 35 heavy (non-hydrogen) atoms. The number of carbonyl (C=O) groups excluding carboxylic acids is 2. The molecule has 0 aliphatic rings. The number of fused-ring (bicyclic) bond motifs is 1. The summed E-state index contributed by atoms with van der Waals surface area (Å²) in [5.41, 5.74) is 1.51. The molecule has 0 aliphatic heterocycles. The third kappa shape index (κ3) is 5.36. The molecular weight excluding hydrogens is 448 g/mol. The average molecular weight is 470 g/mol. The van der Waals surface area contributed by atoms with Crippen LogP contribution >= 0.6 is 0 Å². The molecule has 2 amide bonds. The van der Waals surface area contributed by atoms with E-state index in [1.807, 2.05) is 0 Å². The molecule has 176 valence electrons. The van der Waals surface area contributed by atoms with Gasteiger partial charge < -0.3 is 24.8 Å². The molecule has 4 aromatic rings. The predicted octanol–water partition coefficient (Wildman–Crippen LogP) is 4.82. The molecule has 0 atom stereocenters. The highest BCUT2D eigenvalue weighted by molar-refractivity contribution is 6.04. The molecular formula is C26H22N4O5. The van der Waals surface area contributed by atoms with Gasteiger partial charge in [-0.1, -0.05) is 6.58 Å². The number of aromatic nitrogens is 2. The number of hydrogen-bond donors (Lipinski definition) is 2. The first kappa shape index (κ1) is 23.2. The number of rotatable bonds is 8. The van der Waals surface area contributed by atoms with Crippen LogP contribution in [0.15, 0.2) is 79.6 Å². The van der Waals surface area contributed by atoms with Crippen molar-refractivity contribution < 1.29 is 23.8 Å². The third-order valence-electron chi connectivity index (χ3n) is 5.02. The Morgan fingerprint density at radius 3 is 2.34 bits per heavy atom. The first-order chi connectivity index (χ1) is 17.0. The maximum Gasteiger partial charge on any atom is 0.256 e. The molecule has 0 saturated heterocycles. The van der Waals surface area contributed by atoms with Gasteiger partial charge in [-0.05, 0) is 48.5 Å². The van der Waals surface area contributed by atoms with Crippen LogP contribution in [-0.2, 0) is 4.79 Å². The fourth-order valence-electron chi connectivity index (χ4n) is 3.28. The van der Waals surface area contributed by atoms with Crippen molar-refractivity contribution in [2.45, 2.75) is 0 Å². The smallest absolute Gasteiger partial charge is 0.256 e. The van der Waals surface area contributed by atoms with Crippen molar-refractivity contribution in [3.05, 3.63) is 85.2 Å². The number of amides is 2. The molecule has 0 fully saturated rings. The molecule has 0 unspecified atom stereocenters. The van der Waals surface area contributed by atoms with Gasteiger partial charge in [0.05, 0.1) is 25.4 Å². The van der Waals surface area contributed by atoms with E-state index in [1.54, 1.807) is 74.1 Å². The minimum absolute atomic E-state index is 0.318. The highest BCUT2D eigenvalue weighted by Crippen LogP contribution is 2.35. The topological polar surface area (TPSA) is 112 Å². The lowest BCUT2D eigenvalue weighted by atomic mass is 10.1. The van der Waals surface area contributed by atoms with E-state index in [1.165, 1.54) is 13.2 Å². The van der Waals surface area contributed by atoms with Crippen LogP contribution in [0.3, 0.4) is 0 Å². The normalized spacial score (nSPS) is 10.3. The highest BCUT2D eigenvalue weighted by atomic mass is 16.5. The van der Waals surface area contributed by atoms with Crippen molar-refractivity contribution in [1.82, 2.24) is 9.97 Å². The van der Waals surface area contributed by atoms with Gasteiger partial charge in [0.25, 0.3) is 5.91 Å². The standard InChI is InChI=1S/C26H22N4O5/c1-4-25(31)29-21-14-19-20(15-23(21)34-3)27-12-10-22(19)35-17-7-5-16(6-8-17)26(32)30-24-13-18(33-2)9-11-28-24/h4-15H,1H2,2-3H3,(H,29,31)(H,28,30,32). The zero-order valence-corrected chi connectivity index (χ0v) is 19.1. The lowest BCUT2D eigenvalue weighted by molar-refractivity contribution is -0.111. The molecule has 0 bridgehead atoms. The number of hydrogen-bond acceptors (Lipinski definition) is 7. The van der Waals surface area contributed by atoms with Gasteiger partial charge in [-0.2, -0.15) is 0 Å². The fourth-order valence-corrected chi connectivity index (χ4v) is 3.28. The second kappa shape index (κ2) is 10.3. The minimum atomic E-state index is -0.368. The Kier molecular flexibility index (Phi) is 6.87. The maximum atomic E-state index is 12.6. The zero-order chi connectivity index (χ0) is 24.8. The molecule has 9 heteroatoms. The molecule has 2 aromatic heterocycles. The van der Waals surface area contributed by atoms with Crippen molar-refractivity contribution in [3.63, 3.8) is 0 Å². The minimum Gasteiger partial charge on any atom is -0.497 e. The SMILES string of the molecule is C=CC(=O)Nc1cc2c(Oc3ccc(C(=O)Nc4cc(OC)ccn4)cc3)ccnc2cc1OC. The molecule has 2 N–H and O–H groups in total. The van der Waals surface area contributed by atoms with Crippen LogP contribution in [0.1, 0.15) is 10.4 Å². The Balaban J connectivity index is 1.55. The van der Waals surface area contributed by atoms with Gasteiger partial charge >= 0.3 is 0 Å². The molecule has 9 nitrogen and oxygen atoms in total. The van der Waals surface area contributed by atoms with E-state index >= 15 is 0 Å². The first-order valence-corrected chi connectivity index (χ1v) is 10.5. The fraction of sp³-hybridized carbons (Fsp3) is 0.0769. The quantitative estimate of drug-likeness (QED) is 0.355. The van der Waals surface area contributed by atoms with Crippen LogP contribution in [0.25, 0.3) is 10.9 Å². The van der Waals surface area contributed by atoms with Gasteiger partial charge in [0.15, 0.2) is 0 Å². The number of anilines is 2. The second-order valence-corrected chi connectivity index (χ2v) is 7.23. The number of ether oxygens (including phenoxy) is 3. The third-order valence-corrected chi connectivity index (χ3v) is 5.02. The Bertz CT molecular complexity index is 1400. The number of nitrogens with one attached hydrogen (secondary N) is 2. The van der Waals surface area contributed by atoms with Crippen molar-refractivity contribution >= 4 is 34.2 Å². The van der Waals surface area contributed by atoms with Crippen molar-refractivity contribution in [2.75, 3.05) is 24.9 Å². The highest BCUT2D eigenvalue weighted by Gasteiger charge is 2.13. The summed E-state index contributed by atoms with van der Waals surface area (Å²) in [7, 11) is 3.05. The summed E-state index contributed by atoms with van der Waals surface area (Å²) in [4.78, 5) is 32.9. The lowest BCUT2D eigenvalue weighted by Crippen LogP contribution is -2.12. The van der Waals surface area contributed by atoms with Crippen molar-refractivity contribution in [3.8, 4) is 23.0 Å². The van der Waals surface area contributed by atoms with E-state index in [-0.39, 0.29) is 11.8 Å². The molecule has 2 heterocycles. The van der Waals surface area contributed by atoms with Crippen molar-refractivity contribution in [2.24, 2.45) is 0 Å².